The van der Waals surface area contributed by atoms with Gasteiger partial charge in [-0.25, -0.2) is 22.8 Å². The van der Waals surface area contributed by atoms with Gasteiger partial charge < -0.3 is 15.4 Å². The molecule has 1 aromatic heterocycles. The largest absolute Gasteiger partial charge is 0.444 e. The van der Waals surface area contributed by atoms with Crippen molar-refractivity contribution in [3.8, 4) is 11.8 Å². The molecule has 0 saturated heterocycles. The van der Waals surface area contributed by atoms with E-state index in [1.807, 2.05) is 0 Å². The third kappa shape index (κ3) is 10.4. The molecule has 292 valence electrons. The second kappa shape index (κ2) is 16.0. The van der Waals surface area contributed by atoms with Crippen molar-refractivity contribution < 1.29 is 36.1 Å². The van der Waals surface area contributed by atoms with E-state index in [2.05, 4.69) is 26.5 Å². The quantitative estimate of drug-likeness (QED) is 0.123. The first-order chi connectivity index (χ1) is 25.7. The molecule has 1 saturated carbocycles. The zero-order valence-corrected chi connectivity index (χ0v) is 32.3. The van der Waals surface area contributed by atoms with Crippen LogP contribution in [-0.2, 0) is 34.0 Å². The Balaban J connectivity index is 1.55. The number of aromatic nitrogens is 2. The molecule has 15 heteroatoms. The van der Waals surface area contributed by atoms with Gasteiger partial charge in [-0.05, 0) is 113 Å². The van der Waals surface area contributed by atoms with E-state index in [4.69, 9.17) is 4.74 Å². The van der Waals surface area contributed by atoms with Crippen molar-refractivity contribution in [3.05, 3.63) is 112 Å². The number of nitriles is 1. The number of nitrogens with one attached hydrogen (secondary N) is 3. The maximum absolute atomic E-state index is 15.7. The monoisotopic (exact) mass is 780 g/mol. The Hall–Kier alpha value is -5.07. The van der Waals surface area contributed by atoms with Crippen molar-refractivity contribution in [2.24, 2.45) is 5.92 Å². The van der Waals surface area contributed by atoms with Crippen LogP contribution in [0.1, 0.15) is 106 Å². The molecule has 2 amide bonds. The van der Waals surface area contributed by atoms with Gasteiger partial charge in [0, 0.05) is 12.6 Å². The third-order valence-electron chi connectivity index (χ3n) is 8.86. The number of benzene rings is 3. The second-order valence-corrected chi connectivity index (χ2v) is 17.5. The molecule has 0 bridgehead atoms. The maximum atomic E-state index is 15.7. The van der Waals surface area contributed by atoms with Crippen LogP contribution in [-0.4, -0.2) is 36.3 Å². The molecule has 1 unspecified atom stereocenters. The Morgan fingerprint density at radius 3 is 2.29 bits per heavy atom. The van der Waals surface area contributed by atoms with Gasteiger partial charge in [-0.1, -0.05) is 43.2 Å². The van der Waals surface area contributed by atoms with Crippen LogP contribution in [0.5, 0.6) is 0 Å². The van der Waals surface area contributed by atoms with E-state index in [-0.39, 0.29) is 17.9 Å². The number of hydrogen-bond acceptors (Lipinski definition) is 6. The van der Waals surface area contributed by atoms with Crippen LogP contribution in [0.2, 0.25) is 0 Å². The number of alkyl carbamates (subject to hydrolysis) is 1. The molecule has 1 fully saturated rings. The normalized spacial score (nSPS) is 15.1. The first kappa shape index (κ1) is 41.1. The average Bonchev–Trinajstić information content (AvgIpc) is 3.82. The third-order valence-corrected chi connectivity index (χ3v) is 10.5. The van der Waals surface area contributed by atoms with E-state index >= 15 is 4.39 Å². The fraction of sp³-hybridized carbons (Fsp3) is 0.400. The van der Waals surface area contributed by atoms with Crippen LogP contribution in [0.15, 0.2) is 72.8 Å². The van der Waals surface area contributed by atoms with Crippen LogP contribution in [0, 0.1) is 23.1 Å². The van der Waals surface area contributed by atoms with Gasteiger partial charge in [0.2, 0.25) is 0 Å². The number of carbonyl (C=O) groups excluding carboxylic acids is 2. The number of nitrogens with zero attached hydrogens (tertiary/aromatic N) is 3. The molecular weight excluding hydrogens is 737 g/mol. The maximum Gasteiger partial charge on any atom is 0.435 e. The van der Waals surface area contributed by atoms with Crippen molar-refractivity contribution in [1.82, 2.24) is 19.8 Å². The standard InChI is InChI=1S/C40H44F4N6O4S/c1-37(2,3)54-36(52)46-24-27-10-8-12-30(20-27)50-33(22-34(48-50)40(42,43)44)35(51)47-32-21-29(15-16-31(32)41)39(18-17-25-13-14-25,49-55(53)38(4,5)6)28-11-7-9-26(19-28)23-45/h7-12,15-16,19-22,25,49H,13-14,17-18,24H2,1-6H3,(H,46,52)(H,47,51)/t39?,55-/m0/s1. The highest BCUT2D eigenvalue weighted by molar-refractivity contribution is 7.84. The summed E-state index contributed by atoms with van der Waals surface area (Å²) in [6, 6.07) is 19.6. The Kier molecular flexibility index (Phi) is 11.9. The lowest BCUT2D eigenvalue weighted by Gasteiger charge is -2.38. The lowest BCUT2D eigenvalue weighted by atomic mass is 9.79. The minimum atomic E-state index is -4.92. The van der Waals surface area contributed by atoms with Crippen LogP contribution in [0.25, 0.3) is 5.69 Å². The van der Waals surface area contributed by atoms with E-state index < -0.39 is 62.3 Å². The van der Waals surface area contributed by atoms with Gasteiger partial charge in [0.15, 0.2) is 5.69 Å². The molecule has 10 nitrogen and oxygen atoms in total. The van der Waals surface area contributed by atoms with Gasteiger partial charge in [-0.3, -0.25) is 4.79 Å². The van der Waals surface area contributed by atoms with Crippen LogP contribution in [0.3, 0.4) is 0 Å². The molecule has 2 atom stereocenters. The minimum Gasteiger partial charge on any atom is -0.444 e. The highest BCUT2D eigenvalue weighted by atomic mass is 32.2. The number of halogens is 4. The summed E-state index contributed by atoms with van der Waals surface area (Å²) in [5, 5.41) is 18.5. The number of hydrogen-bond donors (Lipinski definition) is 3. The number of ether oxygens (including phenoxy) is 1. The van der Waals surface area contributed by atoms with Gasteiger partial charge in [0.05, 0.1) is 44.3 Å². The molecule has 0 radical (unpaired) electrons. The first-order valence-electron chi connectivity index (χ1n) is 17.7. The summed E-state index contributed by atoms with van der Waals surface area (Å²) < 4.78 is 80.2. The Morgan fingerprint density at radius 1 is 0.964 bits per heavy atom. The zero-order chi connectivity index (χ0) is 40.3. The summed E-state index contributed by atoms with van der Waals surface area (Å²) in [6.45, 7) is 10.5. The molecule has 5 rings (SSSR count). The van der Waals surface area contributed by atoms with Crippen LogP contribution >= 0.6 is 0 Å². The number of alkyl halides is 3. The van der Waals surface area contributed by atoms with Gasteiger partial charge in [-0.15, -0.1) is 0 Å². The summed E-state index contributed by atoms with van der Waals surface area (Å²) in [6.07, 6.45) is -2.44. The number of anilines is 1. The average molecular weight is 781 g/mol. The van der Waals surface area contributed by atoms with E-state index in [9.17, 15) is 32.2 Å². The summed E-state index contributed by atoms with van der Waals surface area (Å²) in [5.41, 5.74) is -2.28. The lowest BCUT2D eigenvalue weighted by Crippen LogP contribution is -2.49. The number of carbonyl (C=O) groups is 2. The fourth-order valence-electron chi connectivity index (χ4n) is 5.85. The Bertz CT molecular complexity index is 2130. The summed E-state index contributed by atoms with van der Waals surface area (Å²) >= 11 is 0. The summed E-state index contributed by atoms with van der Waals surface area (Å²) in [7, 11) is -1.67. The number of rotatable bonds is 12. The molecule has 55 heavy (non-hydrogen) atoms. The first-order valence-corrected chi connectivity index (χ1v) is 18.9. The second-order valence-electron chi connectivity index (χ2n) is 15.6. The topological polar surface area (TPSA) is 138 Å². The van der Waals surface area contributed by atoms with Crippen molar-refractivity contribution in [2.45, 2.75) is 95.8 Å². The molecule has 1 aliphatic carbocycles. The van der Waals surface area contributed by atoms with Crippen molar-refractivity contribution in [1.29, 1.82) is 5.26 Å². The van der Waals surface area contributed by atoms with Gasteiger partial charge in [0.1, 0.15) is 17.1 Å². The van der Waals surface area contributed by atoms with Crippen LogP contribution < -0.4 is 15.4 Å². The van der Waals surface area contributed by atoms with Gasteiger partial charge in [0.25, 0.3) is 5.91 Å². The smallest absolute Gasteiger partial charge is 0.435 e. The molecule has 1 aliphatic rings. The SMILES string of the molecule is CC(C)(C)OC(=O)NCc1cccc(-n2nc(C(F)(F)F)cc2C(=O)Nc2cc(C(CCC3CC3)(N[S@@](=O)C(C)(C)C)c3cccc(C#N)c3)ccc2F)c1. The number of amides is 2. The molecule has 0 spiro atoms. The van der Waals surface area contributed by atoms with E-state index in [1.54, 1.807) is 71.9 Å². The molecule has 3 N–H and O–H groups in total. The van der Waals surface area contributed by atoms with E-state index in [0.29, 0.717) is 40.7 Å². The molecule has 1 heterocycles. The highest BCUT2D eigenvalue weighted by Crippen LogP contribution is 2.43. The predicted octanol–water partition coefficient (Wildman–Crippen LogP) is 8.66. The molecule has 3 aromatic carbocycles. The van der Waals surface area contributed by atoms with Crippen molar-refractivity contribution in [2.75, 3.05) is 5.32 Å². The summed E-state index contributed by atoms with van der Waals surface area (Å²) in [4.78, 5) is 26.1. The van der Waals surface area contributed by atoms with Gasteiger partial charge >= 0.3 is 12.3 Å². The Labute approximate surface area is 320 Å². The Morgan fingerprint density at radius 2 is 1.65 bits per heavy atom. The molecular formula is C40H44F4N6O4S. The summed E-state index contributed by atoms with van der Waals surface area (Å²) in [5.74, 6) is -1.52. The van der Waals surface area contributed by atoms with E-state index in [1.165, 1.54) is 30.3 Å². The van der Waals surface area contributed by atoms with Crippen molar-refractivity contribution in [3.63, 3.8) is 0 Å². The molecule has 0 aliphatic heterocycles. The van der Waals surface area contributed by atoms with Gasteiger partial charge in [-0.2, -0.15) is 23.5 Å². The highest BCUT2D eigenvalue weighted by Gasteiger charge is 2.41. The fourth-order valence-corrected chi connectivity index (χ4v) is 6.82. The predicted molar refractivity (Wildman–Crippen MR) is 201 cm³/mol. The minimum absolute atomic E-state index is 0.0382. The van der Waals surface area contributed by atoms with Crippen LogP contribution in [0.4, 0.5) is 28.0 Å². The van der Waals surface area contributed by atoms with Crippen molar-refractivity contribution >= 4 is 28.7 Å². The van der Waals surface area contributed by atoms with E-state index in [0.717, 1.165) is 30.0 Å². The zero-order valence-electron chi connectivity index (χ0n) is 31.4. The lowest BCUT2D eigenvalue weighted by molar-refractivity contribution is -0.141. The molecule has 4 aromatic rings.